The van der Waals surface area contributed by atoms with Crippen molar-refractivity contribution < 1.29 is 14.6 Å². The van der Waals surface area contributed by atoms with Crippen LogP contribution in [0.1, 0.15) is 58.6 Å². The molecule has 1 aromatic rings. The maximum Gasteiger partial charge on any atom is 0.331 e. The molecule has 2 aliphatic rings. The van der Waals surface area contributed by atoms with Crippen molar-refractivity contribution in [2.75, 3.05) is 0 Å². The average Bonchev–Trinajstić information content (AvgIpc) is 3.11. The van der Waals surface area contributed by atoms with Crippen LogP contribution in [-0.4, -0.2) is 32.8 Å². The maximum absolute atomic E-state index is 12.5. The highest BCUT2D eigenvalue weighted by Crippen LogP contribution is 2.44. The molecule has 5 atom stereocenters. The number of ether oxygens (including phenoxy) is 1. The molecule has 0 radical (unpaired) electrons. The first kappa shape index (κ1) is 22.5. The van der Waals surface area contributed by atoms with Crippen molar-refractivity contribution in [2.45, 2.75) is 65.1 Å². The number of imidazole rings is 1. The lowest BCUT2D eigenvalue weighted by Crippen LogP contribution is -2.36. The molecule has 0 bridgehead atoms. The van der Waals surface area contributed by atoms with E-state index in [2.05, 4.69) is 31.8 Å². The molecule has 1 aromatic heterocycles. The van der Waals surface area contributed by atoms with Crippen LogP contribution in [0.15, 0.2) is 42.4 Å². The fourth-order valence-corrected chi connectivity index (χ4v) is 5.01. The van der Waals surface area contributed by atoms with E-state index in [0.29, 0.717) is 36.5 Å². The first-order chi connectivity index (χ1) is 14.3. The number of aliphatic hydroxyl groups is 1. The lowest BCUT2D eigenvalue weighted by atomic mass is 9.64. The van der Waals surface area contributed by atoms with Crippen molar-refractivity contribution >= 4 is 12.0 Å². The molecule has 0 unspecified atom stereocenters. The number of rotatable bonds is 4. The average molecular weight is 413 g/mol. The van der Waals surface area contributed by atoms with Crippen molar-refractivity contribution in [3.05, 3.63) is 48.1 Å². The smallest absolute Gasteiger partial charge is 0.331 e. The molecule has 0 saturated carbocycles. The number of fused-ring (bicyclic) bond motifs is 1. The zero-order valence-electron chi connectivity index (χ0n) is 18.7. The summed E-state index contributed by atoms with van der Waals surface area (Å²) in [6.07, 6.45) is 16.7. The number of allylic oxidation sites excluding steroid dienone is 2. The number of hydrogen-bond acceptors (Lipinski definition) is 4. The number of hydrogen-bond donors (Lipinski definition) is 1. The number of esters is 1. The number of aryl methyl sites for hydroxylation is 1. The predicted octanol–water partition coefficient (Wildman–Crippen LogP) is 4.69. The van der Waals surface area contributed by atoms with Crippen LogP contribution in [0.2, 0.25) is 0 Å². The molecule has 164 valence electrons. The Labute approximate surface area is 180 Å². The highest BCUT2D eigenvalue weighted by molar-refractivity contribution is 5.86. The summed E-state index contributed by atoms with van der Waals surface area (Å²) in [6.45, 7) is 6.75. The van der Waals surface area contributed by atoms with Crippen LogP contribution in [0.3, 0.4) is 0 Å². The van der Waals surface area contributed by atoms with Crippen LogP contribution in [0.4, 0.5) is 0 Å². The minimum atomic E-state index is -0.328. The van der Waals surface area contributed by atoms with Gasteiger partial charge in [0.15, 0.2) is 0 Å². The quantitative estimate of drug-likeness (QED) is 0.443. The van der Waals surface area contributed by atoms with Gasteiger partial charge in [-0.1, -0.05) is 37.6 Å². The molecule has 1 heterocycles. The molecule has 0 saturated heterocycles. The molecule has 0 spiro atoms. The van der Waals surface area contributed by atoms with Crippen molar-refractivity contribution in [2.24, 2.45) is 30.7 Å². The van der Waals surface area contributed by atoms with Crippen molar-refractivity contribution in [3.8, 4) is 0 Å². The number of aliphatic hydroxyl groups excluding tert-OH is 1. The van der Waals surface area contributed by atoms with E-state index >= 15 is 0 Å². The summed E-state index contributed by atoms with van der Waals surface area (Å²) in [7, 11) is 1.90. The number of carbonyl (C=O) groups is 1. The van der Waals surface area contributed by atoms with Crippen LogP contribution < -0.4 is 0 Å². The Hall–Kier alpha value is -2.14. The molecule has 5 nitrogen and oxygen atoms in total. The summed E-state index contributed by atoms with van der Waals surface area (Å²) in [5, 5.41) is 10.6. The number of aromatic nitrogens is 2. The summed E-state index contributed by atoms with van der Waals surface area (Å²) < 4.78 is 7.71. The topological polar surface area (TPSA) is 64.3 Å². The molecule has 30 heavy (non-hydrogen) atoms. The summed E-state index contributed by atoms with van der Waals surface area (Å²) in [5.74, 6) is 1.55. The van der Waals surface area contributed by atoms with E-state index in [0.717, 1.165) is 25.0 Å². The highest BCUT2D eigenvalue weighted by atomic mass is 16.5. The van der Waals surface area contributed by atoms with Crippen LogP contribution in [-0.2, 0) is 16.6 Å². The first-order valence-electron chi connectivity index (χ1n) is 11.2. The maximum atomic E-state index is 12.5. The van der Waals surface area contributed by atoms with E-state index < -0.39 is 0 Å². The molecule has 2 aliphatic carbocycles. The van der Waals surface area contributed by atoms with Gasteiger partial charge in [0, 0.05) is 25.7 Å². The van der Waals surface area contributed by atoms with Gasteiger partial charge in [-0.3, -0.25) is 0 Å². The van der Waals surface area contributed by atoms with E-state index in [1.165, 1.54) is 11.6 Å². The van der Waals surface area contributed by atoms with Gasteiger partial charge in [-0.2, -0.15) is 0 Å². The molecule has 1 N–H and O–H groups in total. The van der Waals surface area contributed by atoms with E-state index in [1.54, 1.807) is 12.4 Å². The van der Waals surface area contributed by atoms with Gasteiger partial charge < -0.3 is 14.4 Å². The van der Waals surface area contributed by atoms with Gasteiger partial charge in [-0.25, -0.2) is 9.78 Å². The molecule has 0 amide bonds. The van der Waals surface area contributed by atoms with Gasteiger partial charge >= 0.3 is 5.97 Å². The second-order valence-electron chi connectivity index (χ2n) is 9.29. The fourth-order valence-electron chi connectivity index (χ4n) is 5.01. The molecular weight excluding hydrogens is 376 g/mol. The molecular formula is C25H36N2O3. The lowest BCUT2D eigenvalue weighted by molar-refractivity contribution is -0.143. The Morgan fingerprint density at radius 2 is 2.03 bits per heavy atom. The SMILES string of the molecule is CC1=CC[C@H](C(C)C)[C@H]2C[C@@H](O)C/C=C\C[C@@H](OC(=O)/C=C/c3cn(C)cn3)C[C@@H]12. The first-order valence-corrected chi connectivity index (χ1v) is 11.2. The molecule has 0 fully saturated rings. The molecule has 5 heteroatoms. The van der Waals surface area contributed by atoms with E-state index in [9.17, 15) is 9.90 Å². The number of carbonyl (C=O) groups excluding carboxylic acids is 1. The summed E-state index contributed by atoms with van der Waals surface area (Å²) in [4.78, 5) is 16.7. The van der Waals surface area contributed by atoms with E-state index in [-0.39, 0.29) is 18.2 Å². The molecule has 0 aromatic carbocycles. The van der Waals surface area contributed by atoms with Crippen LogP contribution >= 0.6 is 0 Å². The highest BCUT2D eigenvalue weighted by Gasteiger charge is 2.37. The zero-order chi connectivity index (χ0) is 21.7. The molecule has 0 aliphatic heterocycles. The van der Waals surface area contributed by atoms with Crippen LogP contribution in [0.25, 0.3) is 6.08 Å². The third kappa shape index (κ3) is 5.94. The van der Waals surface area contributed by atoms with Crippen molar-refractivity contribution in [3.63, 3.8) is 0 Å². The zero-order valence-corrected chi connectivity index (χ0v) is 18.7. The third-order valence-electron chi connectivity index (χ3n) is 6.65. The van der Waals surface area contributed by atoms with Gasteiger partial charge in [0.05, 0.1) is 18.1 Å². The largest absolute Gasteiger partial charge is 0.459 e. The van der Waals surface area contributed by atoms with Crippen molar-refractivity contribution in [1.82, 2.24) is 9.55 Å². The van der Waals surface area contributed by atoms with E-state index in [1.807, 2.05) is 30.0 Å². The summed E-state index contributed by atoms with van der Waals surface area (Å²) in [6, 6.07) is 0. The third-order valence-corrected chi connectivity index (χ3v) is 6.65. The normalized spacial score (nSPS) is 31.3. The minimum absolute atomic E-state index is 0.167. The van der Waals surface area contributed by atoms with Crippen LogP contribution in [0, 0.1) is 23.7 Å². The van der Waals surface area contributed by atoms with Crippen molar-refractivity contribution in [1.29, 1.82) is 0 Å². The minimum Gasteiger partial charge on any atom is -0.459 e. The Morgan fingerprint density at radius 1 is 1.27 bits per heavy atom. The molecule has 3 rings (SSSR count). The standard InChI is InChI=1S/C25H36N2O3/c1-17(2)22-11-9-18(3)23-14-21(8-6-5-7-20(28)13-24(22)23)30-25(29)12-10-19-15-27(4)16-26-19/h5-6,9-10,12,15-17,20-24,28H,7-8,11,13-14H2,1-4H3/b6-5-,12-10+/t20-,21+,22+,23-,24+/m0/s1. The second-order valence-corrected chi connectivity index (χ2v) is 9.29. The van der Waals surface area contributed by atoms with Gasteiger partial charge in [-0.05, 0) is 62.4 Å². The number of nitrogens with zero attached hydrogens (tertiary/aromatic N) is 2. The fraction of sp³-hybridized carbons (Fsp3) is 0.600. The van der Waals surface area contributed by atoms with Gasteiger partial charge in [-0.15, -0.1) is 0 Å². The van der Waals surface area contributed by atoms with Gasteiger partial charge in [0.25, 0.3) is 0 Å². The Kier molecular flexibility index (Phi) is 7.70. The van der Waals surface area contributed by atoms with Gasteiger partial charge in [0.2, 0.25) is 0 Å². The second kappa shape index (κ2) is 10.3. The summed E-state index contributed by atoms with van der Waals surface area (Å²) in [5.41, 5.74) is 2.11. The van der Waals surface area contributed by atoms with E-state index in [4.69, 9.17) is 4.74 Å². The monoisotopic (exact) mass is 412 g/mol. The van der Waals surface area contributed by atoms with Crippen LogP contribution in [0.5, 0.6) is 0 Å². The lowest BCUT2D eigenvalue weighted by Gasteiger charge is -2.42. The summed E-state index contributed by atoms with van der Waals surface area (Å²) >= 11 is 0. The predicted molar refractivity (Wildman–Crippen MR) is 119 cm³/mol. The Balaban J connectivity index is 1.75. The Bertz CT molecular complexity index is 805. The van der Waals surface area contributed by atoms with Gasteiger partial charge in [0.1, 0.15) is 6.10 Å². The Morgan fingerprint density at radius 3 is 2.73 bits per heavy atom.